The highest BCUT2D eigenvalue weighted by Gasteiger charge is 2.10. The van der Waals surface area contributed by atoms with Crippen LogP contribution in [0.3, 0.4) is 0 Å². The van der Waals surface area contributed by atoms with Crippen molar-refractivity contribution in [3.05, 3.63) is 45.4 Å². The third-order valence-electron chi connectivity index (χ3n) is 3.35. The predicted octanol–water partition coefficient (Wildman–Crippen LogP) is 4.35. The molecule has 0 aliphatic heterocycles. The normalized spacial score (nSPS) is 11.7. The maximum atomic E-state index is 4.70. The van der Waals surface area contributed by atoms with Crippen LogP contribution in [0, 0.1) is 0 Å². The molecule has 1 N–H and O–H groups in total. The third kappa shape index (κ3) is 3.63. The first-order valence-electron chi connectivity index (χ1n) is 7.33. The fraction of sp³-hybridized carbons (Fsp3) is 0.375. The maximum Gasteiger partial charge on any atom is 0.0954 e. The Kier molecular flexibility index (Phi) is 4.71. The Morgan fingerprint density at radius 3 is 2.77 bits per heavy atom. The number of hydrogen-bond acceptors (Lipinski definition) is 5. The van der Waals surface area contributed by atoms with Crippen molar-refractivity contribution in [1.29, 1.82) is 0 Å². The topological polar surface area (TPSA) is 44.8 Å². The summed E-state index contributed by atoms with van der Waals surface area (Å²) in [4.78, 5) is 9.60. The molecule has 3 aromatic heterocycles. The summed E-state index contributed by atoms with van der Waals surface area (Å²) < 4.78 is 0. The summed E-state index contributed by atoms with van der Waals surface area (Å²) in [5, 5.41) is 10.4. The van der Waals surface area contributed by atoms with Crippen LogP contribution in [0.25, 0.3) is 10.6 Å². The Labute approximate surface area is 138 Å². The molecule has 0 saturated carbocycles. The van der Waals surface area contributed by atoms with Gasteiger partial charge in [0.2, 0.25) is 0 Å². The first-order valence-corrected chi connectivity index (χ1v) is 9.02. The molecule has 3 rings (SSSR count). The van der Waals surface area contributed by atoms with Crippen LogP contribution in [0.5, 0.6) is 0 Å². The van der Waals surface area contributed by atoms with Crippen LogP contribution in [0.15, 0.2) is 29.8 Å². The van der Waals surface area contributed by atoms with Gasteiger partial charge in [0.25, 0.3) is 0 Å². The molecule has 22 heavy (non-hydrogen) atoms. The van der Waals surface area contributed by atoms with E-state index in [2.05, 4.69) is 53.5 Å². The largest absolute Gasteiger partial charge is 0.295 e. The van der Waals surface area contributed by atoms with E-state index in [1.165, 1.54) is 20.5 Å². The number of nitrogens with one attached hydrogen (secondary N) is 1. The molecule has 0 radical (unpaired) electrons. The van der Waals surface area contributed by atoms with E-state index in [-0.39, 0.29) is 0 Å². The predicted molar refractivity (Wildman–Crippen MR) is 93.3 cm³/mol. The van der Waals surface area contributed by atoms with E-state index in [1.807, 2.05) is 17.4 Å². The molecule has 0 atom stereocenters. The Morgan fingerprint density at radius 1 is 1.23 bits per heavy atom. The van der Waals surface area contributed by atoms with Gasteiger partial charge in [-0.25, -0.2) is 4.98 Å². The Morgan fingerprint density at radius 2 is 2.09 bits per heavy atom. The molecule has 6 heteroatoms. The minimum Gasteiger partial charge on any atom is -0.295 e. The molecule has 0 aliphatic rings. The Bertz CT molecular complexity index is 712. The van der Waals surface area contributed by atoms with E-state index in [0.29, 0.717) is 5.92 Å². The number of hydrogen-bond donors (Lipinski definition) is 1. The van der Waals surface area contributed by atoms with Gasteiger partial charge in [0.05, 0.1) is 21.3 Å². The van der Waals surface area contributed by atoms with Crippen molar-refractivity contribution < 1.29 is 0 Å². The van der Waals surface area contributed by atoms with Crippen LogP contribution in [0.1, 0.15) is 35.3 Å². The van der Waals surface area contributed by atoms with Crippen molar-refractivity contribution in [1.82, 2.24) is 20.1 Å². The van der Waals surface area contributed by atoms with Gasteiger partial charge < -0.3 is 0 Å². The summed E-state index contributed by atoms with van der Waals surface area (Å²) in [5.74, 6) is 0.512. The highest BCUT2D eigenvalue weighted by atomic mass is 32.1. The zero-order chi connectivity index (χ0) is 15.5. The summed E-state index contributed by atoms with van der Waals surface area (Å²) in [5.41, 5.74) is 2.25. The van der Waals surface area contributed by atoms with Gasteiger partial charge >= 0.3 is 0 Å². The van der Waals surface area contributed by atoms with Gasteiger partial charge in [-0.15, -0.1) is 22.7 Å². The van der Waals surface area contributed by atoms with E-state index in [0.717, 1.165) is 18.8 Å². The van der Waals surface area contributed by atoms with Crippen LogP contribution in [-0.2, 0) is 13.1 Å². The van der Waals surface area contributed by atoms with Crippen molar-refractivity contribution in [2.24, 2.45) is 0 Å². The summed E-state index contributed by atoms with van der Waals surface area (Å²) in [6.07, 6.45) is 1.79. The first kappa shape index (κ1) is 15.4. The molecule has 0 spiro atoms. The number of thiazole rings is 1. The molecule has 0 amide bonds. The Balaban J connectivity index is 1.60. The maximum absolute atomic E-state index is 4.70. The van der Waals surface area contributed by atoms with Crippen molar-refractivity contribution in [2.75, 3.05) is 7.05 Å². The minimum atomic E-state index is 0.512. The molecule has 4 nitrogen and oxygen atoms in total. The zero-order valence-electron chi connectivity index (χ0n) is 13.0. The van der Waals surface area contributed by atoms with Crippen molar-refractivity contribution >= 4 is 22.7 Å². The van der Waals surface area contributed by atoms with E-state index >= 15 is 0 Å². The van der Waals surface area contributed by atoms with E-state index < -0.39 is 0 Å². The zero-order valence-corrected chi connectivity index (χ0v) is 14.7. The number of aromatic amines is 1. The van der Waals surface area contributed by atoms with Crippen molar-refractivity contribution in [3.8, 4) is 10.6 Å². The number of aromatic nitrogens is 3. The summed E-state index contributed by atoms with van der Waals surface area (Å²) in [7, 11) is 2.14. The number of nitrogens with zero attached hydrogens (tertiary/aromatic N) is 3. The van der Waals surface area contributed by atoms with Crippen LogP contribution >= 0.6 is 22.7 Å². The molecule has 0 fully saturated rings. The molecule has 0 bridgehead atoms. The molecule has 3 aromatic rings. The highest BCUT2D eigenvalue weighted by molar-refractivity contribution is 7.15. The SMILES string of the molecule is CC(C)c1nc(CN(C)Cc2ccc(-c3ccn[nH]3)s2)cs1. The lowest BCUT2D eigenvalue weighted by atomic mass is 10.2. The fourth-order valence-electron chi connectivity index (χ4n) is 2.26. The lowest BCUT2D eigenvalue weighted by Crippen LogP contribution is -2.16. The van der Waals surface area contributed by atoms with E-state index in [1.54, 1.807) is 17.5 Å². The second-order valence-corrected chi connectivity index (χ2v) is 7.80. The smallest absolute Gasteiger partial charge is 0.0954 e. The van der Waals surface area contributed by atoms with Crippen LogP contribution < -0.4 is 0 Å². The highest BCUT2D eigenvalue weighted by Crippen LogP contribution is 2.27. The van der Waals surface area contributed by atoms with Crippen LogP contribution in [0.2, 0.25) is 0 Å². The second kappa shape index (κ2) is 6.73. The van der Waals surface area contributed by atoms with Crippen LogP contribution in [0.4, 0.5) is 0 Å². The Hall–Kier alpha value is -1.50. The van der Waals surface area contributed by atoms with Crippen molar-refractivity contribution in [3.63, 3.8) is 0 Å². The van der Waals surface area contributed by atoms with Crippen LogP contribution in [-0.4, -0.2) is 27.1 Å². The monoisotopic (exact) mass is 332 g/mol. The van der Waals surface area contributed by atoms with Gasteiger partial charge in [-0.2, -0.15) is 5.10 Å². The summed E-state index contributed by atoms with van der Waals surface area (Å²) in [6.45, 7) is 6.21. The molecular formula is C16H20N4S2. The van der Waals surface area contributed by atoms with Crippen molar-refractivity contribution in [2.45, 2.75) is 32.9 Å². The number of H-pyrrole nitrogens is 1. The average Bonchev–Trinajstić information content (AvgIpc) is 3.18. The minimum absolute atomic E-state index is 0.512. The number of rotatable bonds is 6. The van der Waals surface area contributed by atoms with Gasteiger partial charge in [-0.1, -0.05) is 13.8 Å². The van der Waals surface area contributed by atoms with Gasteiger partial charge in [0.1, 0.15) is 0 Å². The quantitative estimate of drug-likeness (QED) is 0.730. The summed E-state index contributed by atoms with van der Waals surface area (Å²) in [6, 6.07) is 6.35. The molecular weight excluding hydrogens is 312 g/mol. The second-order valence-electron chi connectivity index (χ2n) is 5.74. The average molecular weight is 332 g/mol. The standard InChI is InChI=1S/C16H20N4S2/c1-11(2)16-18-12(10-21-16)8-20(3)9-13-4-5-15(22-13)14-6-7-17-19-14/h4-7,10-11H,8-9H2,1-3H3,(H,17,19). The number of thiophene rings is 1. The molecule has 3 heterocycles. The first-order chi connectivity index (χ1) is 10.6. The van der Waals surface area contributed by atoms with Gasteiger partial charge in [-0.3, -0.25) is 10.00 Å². The molecule has 0 aliphatic carbocycles. The lowest BCUT2D eigenvalue weighted by Gasteiger charge is -2.13. The molecule has 0 aromatic carbocycles. The molecule has 0 saturated heterocycles. The van der Waals surface area contributed by atoms with Gasteiger partial charge in [0.15, 0.2) is 0 Å². The summed E-state index contributed by atoms with van der Waals surface area (Å²) >= 11 is 3.57. The van der Waals surface area contributed by atoms with Gasteiger partial charge in [0, 0.05) is 35.5 Å². The van der Waals surface area contributed by atoms with E-state index in [9.17, 15) is 0 Å². The fourth-order valence-corrected chi connectivity index (χ4v) is 4.15. The van der Waals surface area contributed by atoms with Gasteiger partial charge in [-0.05, 0) is 25.2 Å². The van der Waals surface area contributed by atoms with E-state index in [4.69, 9.17) is 4.98 Å². The third-order valence-corrected chi connectivity index (χ3v) is 5.65. The lowest BCUT2D eigenvalue weighted by molar-refractivity contribution is 0.318. The molecule has 0 unspecified atom stereocenters. The molecule has 116 valence electrons.